The number of nitrogens with one attached hydrogen (secondary N) is 3. The molecule has 1 aromatic heterocycles. The average Bonchev–Trinajstić information content (AvgIpc) is 3.21. The number of aryl methyl sites for hydroxylation is 1. The molecule has 3 rings (SSSR count). The monoisotopic (exact) mass is 423 g/mol. The van der Waals surface area contributed by atoms with Gasteiger partial charge in [-0.15, -0.1) is 10.2 Å². The summed E-state index contributed by atoms with van der Waals surface area (Å²) in [6.07, 6.45) is 0.731. The van der Waals surface area contributed by atoms with Crippen molar-refractivity contribution < 1.29 is 9.59 Å². The number of hydrogen-bond donors (Lipinski definition) is 3. The molecule has 0 fully saturated rings. The molecule has 0 radical (unpaired) electrons. The predicted octanol–water partition coefficient (Wildman–Crippen LogP) is 4.69. The number of carbonyl (C=O) groups is 2. The van der Waals surface area contributed by atoms with Crippen molar-refractivity contribution in [1.29, 1.82) is 0 Å². The zero-order valence-corrected chi connectivity index (χ0v) is 18.0. The van der Waals surface area contributed by atoms with Crippen LogP contribution in [0.3, 0.4) is 0 Å². The number of carbonyl (C=O) groups excluding carboxylic acids is 2. The first-order valence-electron chi connectivity index (χ1n) is 9.80. The molecule has 3 amide bonds. The van der Waals surface area contributed by atoms with Gasteiger partial charge in [-0.3, -0.25) is 10.1 Å². The number of nitrogens with zero attached hydrogens (tertiary/aromatic N) is 2. The second kappa shape index (κ2) is 9.98. The van der Waals surface area contributed by atoms with Crippen LogP contribution in [0.2, 0.25) is 0 Å². The molecule has 2 atom stereocenters. The van der Waals surface area contributed by atoms with Crippen LogP contribution in [0.4, 0.5) is 15.6 Å². The Balaban J connectivity index is 1.66. The van der Waals surface area contributed by atoms with Gasteiger partial charge in [0.15, 0.2) is 0 Å². The van der Waals surface area contributed by atoms with E-state index < -0.39 is 12.1 Å². The lowest BCUT2D eigenvalue weighted by molar-refractivity contribution is -0.119. The molecule has 0 saturated carbocycles. The summed E-state index contributed by atoms with van der Waals surface area (Å²) in [6, 6.07) is 15.9. The fraction of sp³-hybridized carbons (Fsp3) is 0.273. The van der Waals surface area contributed by atoms with E-state index >= 15 is 0 Å². The number of amides is 3. The molecule has 156 valence electrons. The Bertz CT molecular complexity index is 988. The van der Waals surface area contributed by atoms with Crippen molar-refractivity contribution in [2.24, 2.45) is 5.92 Å². The smallest absolute Gasteiger partial charge is 0.319 e. The molecule has 0 bridgehead atoms. The molecule has 2 aromatic carbocycles. The van der Waals surface area contributed by atoms with E-state index in [1.54, 1.807) is 12.1 Å². The number of urea groups is 1. The third kappa shape index (κ3) is 5.64. The van der Waals surface area contributed by atoms with Gasteiger partial charge in [-0.25, -0.2) is 4.79 Å². The quantitative estimate of drug-likeness (QED) is 0.514. The fourth-order valence-electron chi connectivity index (χ4n) is 2.80. The minimum atomic E-state index is -0.703. The molecule has 0 spiro atoms. The third-order valence-corrected chi connectivity index (χ3v) is 5.66. The maximum Gasteiger partial charge on any atom is 0.319 e. The van der Waals surface area contributed by atoms with Crippen LogP contribution >= 0.6 is 11.3 Å². The second-order valence-corrected chi connectivity index (χ2v) is 8.07. The lowest BCUT2D eigenvalue weighted by Crippen LogP contribution is -2.49. The molecular weight excluding hydrogens is 398 g/mol. The van der Waals surface area contributed by atoms with Gasteiger partial charge in [0, 0.05) is 11.3 Å². The van der Waals surface area contributed by atoms with Crippen molar-refractivity contribution in [2.75, 3.05) is 10.6 Å². The maximum atomic E-state index is 12.9. The van der Waals surface area contributed by atoms with E-state index in [2.05, 4.69) is 26.1 Å². The van der Waals surface area contributed by atoms with Crippen LogP contribution in [0.1, 0.15) is 25.8 Å². The predicted molar refractivity (Wildman–Crippen MR) is 121 cm³/mol. The van der Waals surface area contributed by atoms with E-state index in [4.69, 9.17) is 0 Å². The molecule has 3 aromatic rings. The van der Waals surface area contributed by atoms with Crippen LogP contribution in [-0.4, -0.2) is 28.2 Å². The minimum absolute atomic E-state index is 0.0592. The Morgan fingerprint density at radius 3 is 2.37 bits per heavy atom. The largest absolute Gasteiger partial charge is 0.326 e. The summed E-state index contributed by atoms with van der Waals surface area (Å²) in [4.78, 5) is 25.3. The van der Waals surface area contributed by atoms with E-state index in [1.807, 2.05) is 63.2 Å². The van der Waals surface area contributed by atoms with Gasteiger partial charge in [0.1, 0.15) is 11.0 Å². The van der Waals surface area contributed by atoms with Crippen molar-refractivity contribution in [1.82, 2.24) is 15.5 Å². The van der Waals surface area contributed by atoms with Gasteiger partial charge in [0.05, 0.1) is 0 Å². The summed E-state index contributed by atoms with van der Waals surface area (Å²) in [5.74, 6) is -0.379. The van der Waals surface area contributed by atoms with Gasteiger partial charge in [-0.2, -0.15) is 0 Å². The average molecular weight is 424 g/mol. The van der Waals surface area contributed by atoms with Crippen molar-refractivity contribution >= 4 is 34.1 Å². The van der Waals surface area contributed by atoms with Gasteiger partial charge in [0.25, 0.3) is 0 Å². The topological polar surface area (TPSA) is 96.0 Å². The number of rotatable bonds is 7. The Labute approximate surface area is 179 Å². The van der Waals surface area contributed by atoms with Crippen LogP contribution in [0, 0.1) is 12.8 Å². The summed E-state index contributed by atoms with van der Waals surface area (Å²) in [5, 5.41) is 17.7. The van der Waals surface area contributed by atoms with Gasteiger partial charge in [-0.1, -0.05) is 79.6 Å². The summed E-state index contributed by atoms with van der Waals surface area (Å²) in [7, 11) is 0. The van der Waals surface area contributed by atoms with Crippen LogP contribution in [0.25, 0.3) is 10.6 Å². The molecule has 30 heavy (non-hydrogen) atoms. The molecule has 0 unspecified atom stereocenters. The Morgan fingerprint density at radius 1 is 1.00 bits per heavy atom. The second-order valence-electron chi connectivity index (χ2n) is 7.10. The van der Waals surface area contributed by atoms with Crippen molar-refractivity contribution in [3.8, 4) is 10.6 Å². The number of anilines is 2. The highest BCUT2D eigenvalue weighted by molar-refractivity contribution is 7.18. The number of para-hydroxylation sites is 1. The summed E-state index contributed by atoms with van der Waals surface area (Å²) < 4.78 is 0. The first kappa shape index (κ1) is 21.4. The Morgan fingerprint density at radius 2 is 1.70 bits per heavy atom. The molecule has 3 N–H and O–H groups in total. The fourth-order valence-corrected chi connectivity index (χ4v) is 3.55. The van der Waals surface area contributed by atoms with Crippen molar-refractivity contribution in [3.05, 3.63) is 60.2 Å². The van der Waals surface area contributed by atoms with Crippen LogP contribution < -0.4 is 16.0 Å². The molecule has 0 aliphatic heterocycles. The van der Waals surface area contributed by atoms with Gasteiger partial charge in [0.2, 0.25) is 11.0 Å². The maximum absolute atomic E-state index is 12.9. The standard InChI is InChI=1S/C22H25N5O2S/c1-4-15(3)18(24-21(29)23-17-8-6-5-7-9-17)19(28)25-22-27-26-20(30-22)16-12-10-14(2)11-13-16/h5-13,15,18H,4H2,1-3H3,(H2,23,24,29)(H,25,27,28)/t15-,18+/m0/s1. The minimum Gasteiger partial charge on any atom is -0.326 e. The zero-order chi connectivity index (χ0) is 21.5. The highest BCUT2D eigenvalue weighted by Crippen LogP contribution is 2.26. The lowest BCUT2D eigenvalue weighted by Gasteiger charge is -2.23. The zero-order valence-electron chi connectivity index (χ0n) is 17.2. The Kier molecular flexibility index (Phi) is 7.13. The Hall–Kier alpha value is -3.26. The highest BCUT2D eigenvalue weighted by Gasteiger charge is 2.27. The number of aromatic nitrogens is 2. The normalized spacial score (nSPS) is 12.6. The van der Waals surface area contributed by atoms with E-state index in [-0.39, 0.29) is 11.8 Å². The molecule has 7 nitrogen and oxygen atoms in total. The molecule has 8 heteroatoms. The van der Waals surface area contributed by atoms with Gasteiger partial charge in [-0.05, 0) is 25.0 Å². The van der Waals surface area contributed by atoms with Crippen LogP contribution in [0.5, 0.6) is 0 Å². The summed E-state index contributed by atoms with van der Waals surface area (Å²) in [5.41, 5.74) is 2.76. The summed E-state index contributed by atoms with van der Waals surface area (Å²) in [6.45, 7) is 5.92. The van der Waals surface area contributed by atoms with Crippen molar-refractivity contribution in [2.45, 2.75) is 33.2 Å². The van der Waals surface area contributed by atoms with Gasteiger partial charge < -0.3 is 10.6 Å². The molecule has 1 heterocycles. The van der Waals surface area contributed by atoms with Crippen LogP contribution in [0.15, 0.2) is 54.6 Å². The SMILES string of the molecule is CC[C@H](C)[C@@H](NC(=O)Nc1ccccc1)C(=O)Nc1nnc(-c2ccc(C)cc2)s1. The van der Waals surface area contributed by atoms with Crippen LogP contribution in [-0.2, 0) is 4.79 Å². The van der Waals surface area contributed by atoms with Gasteiger partial charge >= 0.3 is 6.03 Å². The molecule has 0 aliphatic rings. The van der Waals surface area contributed by atoms with E-state index in [0.717, 1.165) is 22.6 Å². The summed E-state index contributed by atoms with van der Waals surface area (Å²) >= 11 is 1.30. The molecular formula is C22H25N5O2S. The first-order chi connectivity index (χ1) is 14.5. The highest BCUT2D eigenvalue weighted by atomic mass is 32.1. The number of hydrogen-bond acceptors (Lipinski definition) is 5. The van der Waals surface area contributed by atoms with E-state index in [9.17, 15) is 9.59 Å². The van der Waals surface area contributed by atoms with Crippen molar-refractivity contribution in [3.63, 3.8) is 0 Å². The number of benzene rings is 2. The lowest BCUT2D eigenvalue weighted by atomic mass is 9.98. The van der Waals surface area contributed by atoms with E-state index in [0.29, 0.717) is 10.8 Å². The molecule has 0 saturated heterocycles. The third-order valence-electron chi connectivity index (χ3n) is 4.77. The molecule has 0 aliphatic carbocycles. The van der Waals surface area contributed by atoms with E-state index in [1.165, 1.54) is 11.3 Å². The first-order valence-corrected chi connectivity index (χ1v) is 10.6.